The first kappa shape index (κ1) is 42.4. The molecule has 0 saturated carbocycles. The number of hydrogen-bond donors (Lipinski definition) is 5. The lowest BCUT2D eigenvalue weighted by Crippen LogP contribution is -2.63. The van der Waals surface area contributed by atoms with Crippen LogP contribution in [0.2, 0.25) is 0 Å². The number of aliphatic hydroxyl groups is 1. The number of cyclic esters (lactones) is 1. The highest BCUT2D eigenvalue weighted by atomic mass is 19.1. The molecule has 0 bridgehead atoms. The third-order valence-corrected chi connectivity index (χ3v) is 11.2. The first-order valence-electron chi connectivity index (χ1n) is 19.9. The summed E-state index contributed by atoms with van der Waals surface area (Å²) in [6.45, 7) is 7.78. The predicted molar refractivity (Wildman–Crippen MR) is 205 cm³/mol. The second-order valence-corrected chi connectivity index (χ2v) is 16.1. The van der Waals surface area contributed by atoms with Crippen molar-refractivity contribution in [1.82, 2.24) is 35.6 Å². The summed E-state index contributed by atoms with van der Waals surface area (Å²) in [6, 6.07) is -1.34. The summed E-state index contributed by atoms with van der Waals surface area (Å²) in [5.74, 6) is -5.13. The zero-order valence-electron chi connectivity index (χ0n) is 33.1. The zero-order valence-corrected chi connectivity index (χ0v) is 33.1. The number of rotatable bonds is 6. The summed E-state index contributed by atoms with van der Waals surface area (Å²) < 4.78 is 34.6. The quantitative estimate of drug-likeness (QED) is 0.266. The highest BCUT2D eigenvalue weighted by Crippen LogP contribution is 2.29. The van der Waals surface area contributed by atoms with Gasteiger partial charge < -0.3 is 40.9 Å². The monoisotopic (exact) mass is 810 g/mol. The van der Waals surface area contributed by atoms with Gasteiger partial charge in [-0.15, -0.1) is 0 Å². The second kappa shape index (κ2) is 18.1. The van der Waals surface area contributed by atoms with Crippen molar-refractivity contribution in [3.8, 4) is 0 Å². The number of amides is 6. The normalized spacial score (nSPS) is 29.1. The van der Waals surface area contributed by atoms with Gasteiger partial charge in [0.15, 0.2) is 0 Å². The lowest BCUT2D eigenvalue weighted by atomic mass is 9.98. The molecule has 1 aromatic heterocycles. The molecule has 4 aliphatic heterocycles. The summed E-state index contributed by atoms with van der Waals surface area (Å²) in [7, 11) is 0. The number of piperidine rings is 1. The highest BCUT2D eigenvalue weighted by molar-refractivity contribution is 5.98. The molecule has 4 saturated heterocycles. The number of nitrogens with one attached hydrogen (secondary N) is 4. The Morgan fingerprint density at radius 3 is 2.40 bits per heavy atom. The predicted octanol–water partition coefficient (Wildman–Crippen LogP) is 1.39. The molecule has 9 atom stereocenters. The number of ether oxygens (including phenoxy) is 1. The molecular formula is C40H52F2N8O8. The molecule has 18 heteroatoms. The van der Waals surface area contributed by atoms with Gasteiger partial charge in [0.2, 0.25) is 23.6 Å². The molecule has 16 nitrogen and oxygen atoms in total. The molecule has 58 heavy (non-hydrogen) atoms. The van der Waals surface area contributed by atoms with Crippen molar-refractivity contribution < 1.29 is 47.4 Å². The van der Waals surface area contributed by atoms with Gasteiger partial charge in [-0.2, -0.15) is 0 Å². The van der Waals surface area contributed by atoms with Crippen molar-refractivity contribution >= 4 is 41.3 Å². The number of halogens is 2. The Morgan fingerprint density at radius 2 is 1.69 bits per heavy atom. The molecule has 5 heterocycles. The summed E-state index contributed by atoms with van der Waals surface area (Å²) in [5.41, 5.74) is 0.982. The van der Waals surface area contributed by atoms with Crippen LogP contribution in [0.4, 0.5) is 19.3 Å². The number of nitrogens with zero attached hydrogens (tertiary/aromatic N) is 4. The Morgan fingerprint density at radius 1 is 0.948 bits per heavy atom. The Labute approximate surface area is 335 Å². The summed E-state index contributed by atoms with van der Waals surface area (Å²) in [5, 5.41) is 21.6. The number of aryl methyl sites for hydroxylation is 1. The van der Waals surface area contributed by atoms with Gasteiger partial charge in [-0.1, -0.05) is 6.92 Å². The number of urea groups is 1. The van der Waals surface area contributed by atoms with Gasteiger partial charge >= 0.3 is 12.0 Å². The standard InChI is InChI=1S/C40H52F2N8O8/c1-21-11-33-39(56)58-24(4)34(47-35(52)30(14-25-12-26(41)15-27(42)13-25)46-40(57)45-28-9-8-22(2)43-17-28)38(55)50-20-29(51)16-32(50)37(54)49-10-6-5-7-31(49)36(53)44-23(3)19-48(33)18-21/h8-9,12-13,15,17,21,23-24,29-34,51H,5-7,10-11,14,16,18-20H2,1-4H3,(H,44,53)(H,47,52)(H2,45,46,57). The number of aliphatic hydroxyl groups excluding tert-OH is 1. The van der Waals surface area contributed by atoms with Gasteiger partial charge in [0.1, 0.15) is 47.9 Å². The van der Waals surface area contributed by atoms with E-state index in [-0.39, 0.29) is 42.6 Å². The van der Waals surface area contributed by atoms with E-state index in [2.05, 4.69) is 26.3 Å². The zero-order chi connectivity index (χ0) is 41.8. The number of anilines is 1. The topological polar surface area (TPSA) is 203 Å². The third-order valence-electron chi connectivity index (χ3n) is 11.2. The van der Waals surface area contributed by atoms with Gasteiger partial charge in [0.05, 0.1) is 18.0 Å². The molecular weight excluding hydrogens is 758 g/mol. The number of esters is 1. The summed E-state index contributed by atoms with van der Waals surface area (Å²) >= 11 is 0. The van der Waals surface area contributed by atoms with Crippen LogP contribution in [0, 0.1) is 24.5 Å². The molecule has 9 unspecified atom stereocenters. The maximum Gasteiger partial charge on any atom is 0.323 e. The van der Waals surface area contributed by atoms with Crippen LogP contribution in [-0.2, 0) is 35.1 Å². The number of benzene rings is 1. The third kappa shape index (κ3) is 10.1. The van der Waals surface area contributed by atoms with Crippen LogP contribution in [-0.4, -0.2) is 135 Å². The fourth-order valence-electron chi connectivity index (χ4n) is 8.45. The highest BCUT2D eigenvalue weighted by Gasteiger charge is 2.48. The molecule has 1 aromatic carbocycles. The van der Waals surface area contributed by atoms with E-state index < -0.39 is 96.2 Å². The maximum absolute atomic E-state index is 14.7. The van der Waals surface area contributed by atoms with E-state index in [0.717, 1.165) is 17.0 Å². The number of pyridine rings is 1. The van der Waals surface area contributed by atoms with E-state index in [1.165, 1.54) is 18.0 Å². The average molecular weight is 811 g/mol. The minimum atomic E-state index is -1.66. The van der Waals surface area contributed by atoms with Crippen LogP contribution in [0.1, 0.15) is 64.1 Å². The van der Waals surface area contributed by atoms with Crippen LogP contribution in [0.15, 0.2) is 36.5 Å². The van der Waals surface area contributed by atoms with Crippen LogP contribution >= 0.6 is 0 Å². The van der Waals surface area contributed by atoms with Crippen LogP contribution in [0.5, 0.6) is 0 Å². The fourth-order valence-corrected chi connectivity index (χ4v) is 8.45. The molecule has 2 aromatic rings. The molecule has 0 spiro atoms. The van der Waals surface area contributed by atoms with E-state index in [4.69, 9.17) is 4.74 Å². The Bertz CT molecular complexity index is 1870. The van der Waals surface area contributed by atoms with Crippen molar-refractivity contribution in [2.24, 2.45) is 5.92 Å². The molecule has 4 fully saturated rings. The Hall–Kier alpha value is -5.23. The van der Waals surface area contributed by atoms with Gasteiger partial charge in [-0.3, -0.25) is 33.9 Å². The van der Waals surface area contributed by atoms with E-state index in [0.29, 0.717) is 50.5 Å². The number of fused-ring (bicyclic) bond motifs is 3. The van der Waals surface area contributed by atoms with E-state index in [9.17, 15) is 42.7 Å². The van der Waals surface area contributed by atoms with Crippen molar-refractivity contribution in [3.63, 3.8) is 0 Å². The van der Waals surface area contributed by atoms with E-state index >= 15 is 0 Å². The molecule has 6 rings (SSSR count). The number of carbonyl (C=O) groups is 6. The summed E-state index contributed by atoms with van der Waals surface area (Å²) in [6.07, 6.45) is 0.522. The fraction of sp³-hybridized carbons (Fsp3) is 0.575. The van der Waals surface area contributed by atoms with E-state index in [1.54, 1.807) is 19.1 Å². The number of aromatic nitrogens is 1. The molecule has 4 aliphatic rings. The van der Waals surface area contributed by atoms with Gasteiger partial charge in [0, 0.05) is 56.8 Å². The minimum Gasteiger partial charge on any atom is -0.459 e. The van der Waals surface area contributed by atoms with Gasteiger partial charge in [0.25, 0.3) is 0 Å². The average Bonchev–Trinajstić information content (AvgIpc) is 3.74. The van der Waals surface area contributed by atoms with Gasteiger partial charge in [-0.25, -0.2) is 13.6 Å². The van der Waals surface area contributed by atoms with E-state index in [1.807, 2.05) is 18.7 Å². The Kier molecular flexibility index (Phi) is 13.3. The summed E-state index contributed by atoms with van der Waals surface area (Å²) in [4.78, 5) is 92.9. The lowest BCUT2D eigenvalue weighted by Gasteiger charge is -2.39. The van der Waals surface area contributed by atoms with Crippen molar-refractivity contribution in [3.05, 3.63) is 59.4 Å². The van der Waals surface area contributed by atoms with Crippen molar-refractivity contribution in [2.45, 2.75) is 115 Å². The molecule has 5 N–H and O–H groups in total. The first-order chi connectivity index (χ1) is 27.6. The number of carbonyl (C=O) groups excluding carboxylic acids is 6. The molecule has 314 valence electrons. The van der Waals surface area contributed by atoms with Crippen molar-refractivity contribution in [1.29, 1.82) is 0 Å². The largest absolute Gasteiger partial charge is 0.459 e. The number of hydrogen-bond acceptors (Lipinski definition) is 10. The second-order valence-electron chi connectivity index (χ2n) is 16.1. The molecule has 0 aliphatic carbocycles. The van der Waals surface area contributed by atoms with Crippen LogP contribution in [0.3, 0.4) is 0 Å². The first-order valence-corrected chi connectivity index (χ1v) is 19.9. The maximum atomic E-state index is 14.7. The van der Waals surface area contributed by atoms with Crippen molar-refractivity contribution in [2.75, 3.05) is 31.5 Å². The molecule has 0 radical (unpaired) electrons. The van der Waals surface area contributed by atoms with Crippen LogP contribution in [0.25, 0.3) is 0 Å². The smallest absolute Gasteiger partial charge is 0.323 e. The van der Waals surface area contributed by atoms with Crippen LogP contribution < -0.4 is 21.3 Å². The minimum absolute atomic E-state index is 0.0110. The SMILES string of the molecule is Cc1ccc(NC(=O)NC(Cc2cc(F)cc(F)c2)C(=O)NC2C(=O)N3CC(O)CC3C(=O)N3CCCCC3C(=O)NC(C)CN3CC(C)CC3C(=O)OC2C)cn1. The van der Waals surface area contributed by atoms with Gasteiger partial charge in [-0.05, 0) is 82.2 Å². The Balaban J connectivity index is 1.34. The lowest BCUT2D eigenvalue weighted by molar-refractivity contribution is -0.160. The molecule has 6 amide bonds.